The Labute approximate surface area is 118 Å². The number of hydrogen-bond acceptors (Lipinski definition) is 2. The zero-order valence-corrected chi connectivity index (χ0v) is 11.2. The summed E-state index contributed by atoms with van der Waals surface area (Å²) in [6, 6.07) is 7.72. The van der Waals surface area contributed by atoms with Crippen molar-refractivity contribution >= 4 is 17.3 Å². The molecule has 0 aliphatic heterocycles. The Hall–Kier alpha value is -1.88. The van der Waals surface area contributed by atoms with E-state index in [2.05, 4.69) is 0 Å². The Bertz CT molecular complexity index is 641. The van der Waals surface area contributed by atoms with Crippen LogP contribution in [0.2, 0.25) is 5.02 Å². The van der Waals surface area contributed by atoms with Gasteiger partial charge in [0.15, 0.2) is 0 Å². The standard InChI is InChI=1S/C14H11ClF3NO/c1-8-5-12(19)11(15)7-13(8)20-10-4-2-3-9(6-10)14(16,17)18/h2-7H,19H2,1H3. The highest BCUT2D eigenvalue weighted by Gasteiger charge is 2.30. The van der Waals surface area contributed by atoms with Crippen molar-refractivity contribution in [2.24, 2.45) is 0 Å². The monoisotopic (exact) mass is 301 g/mol. The molecule has 0 heterocycles. The molecule has 0 saturated carbocycles. The van der Waals surface area contributed by atoms with Crippen LogP contribution in [-0.2, 0) is 6.18 Å². The molecular formula is C14H11ClF3NO. The van der Waals surface area contributed by atoms with Crippen LogP contribution in [-0.4, -0.2) is 0 Å². The Morgan fingerprint density at radius 2 is 1.85 bits per heavy atom. The van der Waals surface area contributed by atoms with Crippen LogP contribution in [0.4, 0.5) is 18.9 Å². The molecule has 2 aromatic rings. The maximum atomic E-state index is 12.6. The second kappa shape index (κ2) is 5.25. The molecule has 20 heavy (non-hydrogen) atoms. The number of hydrogen-bond donors (Lipinski definition) is 1. The van der Waals surface area contributed by atoms with E-state index in [0.717, 1.165) is 12.1 Å². The molecule has 2 nitrogen and oxygen atoms in total. The molecular weight excluding hydrogens is 291 g/mol. The fourth-order valence-electron chi connectivity index (χ4n) is 1.66. The second-order valence-electron chi connectivity index (χ2n) is 4.27. The van der Waals surface area contributed by atoms with Gasteiger partial charge < -0.3 is 10.5 Å². The first kappa shape index (κ1) is 14.5. The van der Waals surface area contributed by atoms with E-state index >= 15 is 0 Å². The smallest absolute Gasteiger partial charge is 0.416 e. The summed E-state index contributed by atoms with van der Waals surface area (Å²) in [4.78, 5) is 0. The van der Waals surface area contributed by atoms with E-state index in [0.29, 0.717) is 17.0 Å². The highest BCUT2D eigenvalue weighted by atomic mass is 35.5. The minimum atomic E-state index is -4.41. The van der Waals surface area contributed by atoms with Gasteiger partial charge in [-0.1, -0.05) is 17.7 Å². The Morgan fingerprint density at radius 1 is 1.15 bits per heavy atom. The highest BCUT2D eigenvalue weighted by molar-refractivity contribution is 6.33. The average molecular weight is 302 g/mol. The maximum absolute atomic E-state index is 12.6. The number of nitrogens with two attached hydrogens (primary N) is 1. The maximum Gasteiger partial charge on any atom is 0.416 e. The van der Waals surface area contributed by atoms with E-state index in [1.165, 1.54) is 18.2 Å². The number of nitrogen functional groups attached to an aromatic ring is 1. The van der Waals surface area contributed by atoms with Crippen molar-refractivity contribution in [3.63, 3.8) is 0 Å². The summed E-state index contributed by atoms with van der Waals surface area (Å²) in [5.41, 5.74) is 5.93. The molecule has 0 spiro atoms. The summed E-state index contributed by atoms with van der Waals surface area (Å²) in [6.45, 7) is 1.73. The first-order valence-electron chi connectivity index (χ1n) is 5.68. The lowest BCUT2D eigenvalue weighted by Crippen LogP contribution is -2.04. The van der Waals surface area contributed by atoms with Gasteiger partial charge >= 0.3 is 6.18 Å². The zero-order chi connectivity index (χ0) is 14.9. The summed E-state index contributed by atoms with van der Waals surface area (Å²) in [5.74, 6) is 0.451. The summed E-state index contributed by atoms with van der Waals surface area (Å²) in [7, 11) is 0. The van der Waals surface area contributed by atoms with Gasteiger partial charge in [-0.3, -0.25) is 0 Å². The summed E-state index contributed by atoms with van der Waals surface area (Å²) in [5, 5.41) is 0.289. The van der Waals surface area contributed by atoms with Crippen molar-refractivity contribution in [3.05, 3.63) is 52.5 Å². The molecule has 0 aromatic heterocycles. The van der Waals surface area contributed by atoms with Crippen LogP contribution in [0.25, 0.3) is 0 Å². The van der Waals surface area contributed by atoms with Crippen LogP contribution >= 0.6 is 11.6 Å². The first-order valence-corrected chi connectivity index (χ1v) is 6.06. The lowest BCUT2D eigenvalue weighted by Gasteiger charge is -2.12. The number of ether oxygens (including phenoxy) is 1. The van der Waals surface area contributed by atoms with Crippen molar-refractivity contribution in [3.8, 4) is 11.5 Å². The third-order valence-corrected chi connectivity index (χ3v) is 3.01. The van der Waals surface area contributed by atoms with Gasteiger partial charge in [-0.05, 0) is 36.8 Å². The molecule has 0 bridgehead atoms. The summed E-state index contributed by atoms with van der Waals surface area (Å²) >= 11 is 5.87. The van der Waals surface area contributed by atoms with Gasteiger partial charge in [0.2, 0.25) is 0 Å². The van der Waals surface area contributed by atoms with E-state index in [1.807, 2.05) is 0 Å². The SMILES string of the molecule is Cc1cc(N)c(Cl)cc1Oc1cccc(C(F)(F)F)c1. The van der Waals surface area contributed by atoms with E-state index in [1.54, 1.807) is 13.0 Å². The number of aryl methyl sites for hydroxylation is 1. The second-order valence-corrected chi connectivity index (χ2v) is 4.67. The molecule has 2 rings (SSSR count). The fraction of sp³-hybridized carbons (Fsp3) is 0.143. The molecule has 0 aliphatic rings. The lowest BCUT2D eigenvalue weighted by molar-refractivity contribution is -0.137. The number of alkyl halides is 3. The van der Waals surface area contributed by atoms with Crippen molar-refractivity contribution in [1.82, 2.24) is 0 Å². The molecule has 6 heteroatoms. The van der Waals surface area contributed by atoms with Gasteiger partial charge in [0.25, 0.3) is 0 Å². The molecule has 0 saturated heterocycles. The van der Waals surface area contributed by atoms with Gasteiger partial charge in [0, 0.05) is 6.07 Å². The van der Waals surface area contributed by atoms with Gasteiger partial charge in [-0.2, -0.15) is 13.2 Å². The summed E-state index contributed by atoms with van der Waals surface area (Å²) < 4.78 is 43.3. The average Bonchev–Trinajstić information content (AvgIpc) is 2.35. The van der Waals surface area contributed by atoms with Crippen molar-refractivity contribution in [2.75, 3.05) is 5.73 Å². The highest BCUT2D eigenvalue weighted by Crippen LogP contribution is 2.35. The van der Waals surface area contributed by atoms with Crippen LogP contribution < -0.4 is 10.5 Å². The van der Waals surface area contributed by atoms with Gasteiger partial charge in [-0.25, -0.2) is 0 Å². The van der Waals surface area contributed by atoms with Crippen LogP contribution in [0.15, 0.2) is 36.4 Å². The predicted molar refractivity (Wildman–Crippen MR) is 72.1 cm³/mol. The number of halogens is 4. The van der Waals surface area contributed by atoms with E-state index < -0.39 is 11.7 Å². The fourth-order valence-corrected chi connectivity index (χ4v) is 1.81. The Morgan fingerprint density at radius 3 is 2.50 bits per heavy atom. The number of anilines is 1. The first-order chi connectivity index (χ1) is 9.27. The van der Waals surface area contributed by atoms with Crippen molar-refractivity contribution in [1.29, 1.82) is 0 Å². The quantitative estimate of drug-likeness (QED) is 0.789. The topological polar surface area (TPSA) is 35.2 Å². The molecule has 0 amide bonds. The third kappa shape index (κ3) is 3.17. The predicted octanol–water partition coefficient (Wildman–Crippen LogP) is 5.04. The van der Waals surface area contributed by atoms with Crippen LogP contribution in [0.3, 0.4) is 0 Å². The van der Waals surface area contributed by atoms with Crippen LogP contribution in [0.1, 0.15) is 11.1 Å². The van der Waals surface area contributed by atoms with E-state index in [4.69, 9.17) is 22.1 Å². The zero-order valence-electron chi connectivity index (χ0n) is 10.5. The third-order valence-electron chi connectivity index (χ3n) is 2.68. The molecule has 2 aromatic carbocycles. The normalized spacial score (nSPS) is 11.4. The molecule has 2 N–H and O–H groups in total. The van der Waals surface area contributed by atoms with Gasteiger partial charge in [0.1, 0.15) is 11.5 Å². The molecule has 0 fully saturated rings. The Balaban J connectivity index is 2.33. The van der Waals surface area contributed by atoms with Gasteiger partial charge in [0.05, 0.1) is 16.3 Å². The Kier molecular flexibility index (Phi) is 3.81. The number of rotatable bonds is 2. The van der Waals surface area contributed by atoms with Crippen molar-refractivity contribution < 1.29 is 17.9 Å². The van der Waals surface area contributed by atoms with Gasteiger partial charge in [-0.15, -0.1) is 0 Å². The molecule has 0 radical (unpaired) electrons. The lowest BCUT2D eigenvalue weighted by atomic mass is 10.2. The molecule has 106 valence electrons. The van der Waals surface area contributed by atoms with E-state index in [9.17, 15) is 13.2 Å². The van der Waals surface area contributed by atoms with Crippen LogP contribution in [0.5, 0.6) is 11.5 Å². The van der Waals surface area contributed by atoms with E-state index in [-0.39, 0.29) is 10.8 Å². The van der Waals surface area contributed by atoms with Crippen molar-refractivity contribution in [2.45, 2.75) is 13.1 Å². The minimum absolute atomic E-state index is 0.0868. The molecule has 0 aliphatic carbocycles. The van der Waals surface area contributed by atoms with Crippen LogP contribution in [0, 0.1) is 6.92 Å². The number of benzene rings is 2. The minimum Gasteiger partial charge on any atom is -0.457 e. The largest absolute Gasteiger partial charge is 0.457 e. The molecule has 0 atom stereocenters. The molecule has 0 unspecified atom stereocenters. The summed E-state index contributed by atoms with van der Waals surface area (Å²) in [6.07, 6.45) is -4.41.